The largest absolute Gasteiger partial charge is 0.469 e. The van der Waals surface area contributed by atoms with E-state index in [-0.39, 0.29) is 30.3 Å². The Labute approximate surface area is 127 Å². The normalized spacial score (nSPS) is 21.8. The number of carbonyl (C=O) groups is 2. The number of nitrogens with one attached hydrogen (secondary N) is 1. The molecule has 0 aromatic carbocycles. The van der Waals surface area contributed by atoms with Gasteiger partial charge in [0.1, 0.15) is 11.1 Å². The van der Waals surface area contributed by atoms with Crippen molar-refractivity contribution in [3.8, 4) is 6.07 Å². The summed E-state index contributed by atoms with van der Waals surface area (Å²) < 4.78 is 4.77. The number of anilines is 1. The quantitative estimate of drug-likeness (QED) is 0.848. The summed E-state index contributed by atoms with van der Waals surface area (Å²) in [6.45, 7) is 3.40. The van der Waals surface area contributed by atoms with Crippen molar-refractivity contribution in [1.82, 2.24) is 4.90 Å². The Morgan fingerprint density at radius 3 is 3.00 bits per heavy atom. The minimum absolute atomic E-state index is 0.168. The van der Waals surface area contributed by atoms with E-state index >= 15 is 0 Å². The summed E-state index contributed by atoms with van der Waals surface area (Å²) in [6.07, 6.45) is 0. The first kappa shape index (κ1) is 15.5. The molecule has 1 aromatic rings. The lowest BCUT2D eigenvalue weighted by molar-refractivity contribution is -0.146. The van der Waals surface area contributed by atoms with Crippen molar-refractivity contribution in [1.29, 1.82) is 5.26 Å². The first-order valence-electron chi connectivity index (χ1n) is 6.62. The number of carbonyl (C=O) groups excluding carboxylic acids is 2. The van der Waals surface area contributed by atoms with Crippen LogP contribution in [0.25, 0.3) is 0 Å². The van der Waals surface area contributed by atoms with Crippen LogP contribution < -0.4 is 5.32 Å². The fourth-order valence-corrected chi connectivity index (χ4v) is 3.27. The molecule has 6 nitrogen and oxygen atoms in total. The number of rotatable bonds is 4. The molecule has 0 bridgehead atoms. The highest BCUT2D eigenvalue weighted by Crippen LogP contribution is 2.25. The molecule has 0 aliphatic carbocycles. The van der Waals surface area contributed by atoms with Gasteiger partial charge in [0.05, 0.1) is 25.1 Å². The van der Waals surface area contributed by atoms with Crippen molar-refractivity contribution < 1.29 is 14.3 Å². The number of esters is 1. The van der Waals surface area contributed by atoms with Crippen LogP contribution in [0.4, 0.5) is 5.00 Å². The number of hydrogen-bond acceptors (Lipinski definition) is 6. The molecule has 112 valence electrons. The van der Waals surface area contributed by atoms with Crippen molar-refractivity contribution >= 4 is 28.2 Å². The Bertz CT molecular complexity index is 578. The minimum atomic E-state index is -0.226. The van der Waals surface area contributed by atoms with Crippen LogP contribution in [0, 0.1) is 23.2 Å². The number of methoxy groups -OCH3 is 1. The molecule has 2 atom stereocenters. The van der Waals surface area contributed by atoms with E-state index in [0.717, 1.165) is 0 Å². The molecule has 1 amide bonds. The molecule has 1 N–H and O–H groups in total. The van der Waals surface area contributed by atoms with E-state index < -0.39 is 0 Å². The predicted molar refractivity (Wildman–Crippen MR) is 78.8 cm³/mol. The fourth-order valence-electron chi connectivity index (χ4n) is 2.52. The van der Waals surface area contributed by atoms with Gasteiger partial charge < -0.3 is 10.1 Å². The van der Waals surface area contributed by atoms with E-state index in [0.29, 0.717) is 23.7 Å². The van der Waals surface area contributed by atoms with Gasteiger partial charge in [-0.15, -0.1) is 11.3 Å². The van der Waals surface area contributed by atoms with Crippen LogP contribution in [-0.4, -0.2) is 43.5 Å². The molecular weight excluding hydrogens is 290 g/mol. The number of nitrogens with zero attached hydrogens (tertiary/aromatic N) is 2. The number of amides is 1. The van der Waals surface area contributed by atoms with Crippen molar-refractivity contribution in [2.75, 3.05) is 32.1 Å². The van der Waals surface area contributed by atoms with Crippen LogP contribution in [0.2, 0.25) is 0 Å². The standard InChI is InChI=1S/C14H17N3O3S/c1-9-6-17(7-11(9)14(19)20-2)8-12(18)16-13-10(5-15)3-4-21-13/h3-4,9,11H,6-8H2,1-2H3,(H,16,18). The molecule has 2 unspecified atom stereocenters. The third-order valence-electron chi connectivity index (χ3n) is 3.60. The highest BCUT2D eigenvalue weighted by Gasteiger charge is 2.36. The maximum absolute atomic E-state index is 12.0. The van der Waals surface area contributed by atoms with E-state index in [1.807, 2.05) is 17.9 Å². The first-order chi connectivity index (χ1) is 10.0. The number of likely N-dealkylation sites (tertiary alicyclic amines) is 1. The van der Waals surface area contributed by atoms with Crippen molar-refractivity contribution in [2.45, 2.75) is 6.92 Å². The van der Waals surface area contributed by atoms with E-state index in [4.69, 9.17) is 10.00 Å². The Kier molecular flexibility index (Phi) is 4.94. The number of thiophene rings is 1. The van der Waals surface area contributed by atoms with Gasteiger partial charge in [-0.25, -0.2) is 0 Å². The Hall–Kier alpha value is -1.91. The summed E-state index contributed by atoms with van der Waals surface area (Å²) in [5.74, 6) is -0.414. The second-order valence-corrected chi connectivity index (χ2v) is 6.04. The van der Waals surface area contributed by atoms with Crippen LogP contribution in [0.1, 0.15) is 12.5 Å². The second-order valence-electron chi connectivity index (χ2n) is 5.12. The predicted octanol–water partition coefficient (Wildman–Crippen LogP) is 1.30. The SMILES string of the molecule is COC(=O)C1CN(CC(=O)Nc2sccc2C#N)CC1C. The van der Waals surface area contributed by atoms with Gasteiger partial charge >= 0.3 is 5.97 Å². The summed E-state index contributed by atoms with van der Waals surface area (Å²) in [7, 11) is 1.38. The molecule has 7 heteroatoms. The van der Waals surface area contributed by atoms with E-state index in [9.17, 15) is 9.59 Å². The maximum atomic E-state index is 12.0. The van der Waals surface area contributed by atoms with E-state index in [2.05, 4.69) is 5.32 Å². The van der Waals surface area contributed by atoms with Gasteiger partial charge in [-0.3, -0.25) is 14.5 Å². The Morgan fingerprint density at radius 1 is 1.57 bits per heavy atom. The van der Waals surface area contributed by atoms with Crippen molar-refractivity contribution in [2.24, 2.45) is 11.8 Å². The first-order valence-corrected chi connectivity index (χ1v) is 7.50. The van der Waals surface area contributed by atoms with Crippen LogP contribution in [0.3, 0.4) is 0 Å². The molecule has 0 radical (unpaired) electrons. The molecule has 0 spiro atoms. The Morgan fingerprint density at radius 2 is 2.33 bits per heavy atom. The molecular formula is C14H17N3O3S. The van der Waals surface area contributed by atoms with Gasteiger partial charge in [0, 0.05) is 13.1 Å². The number of ether oxygens (including phenoxy) is 1. The van der Waals surface area contributed by atoms with Gasteiger partial charge in [0.2, 0.25) is 5.91 Å². The monoisotopic (exact) mass is 307 g/mol. The van der Waals surface area contributed by atoms with Gasteiger partial charge in [-0.2, -0.15) is 5.26 Å². The number of nitriles is 1. The van der Waals surface area contributed by atoms with E-state index in [1.165, 1.54) is 18.4 Å². The molecule has 1 saturated heterocycles. The summed E-state index contributed by atoms with van der Waals surface area (Å²) in [4.78, 5) is 25.6. The lowest BCUT2D eigenvalue weighted by atomic mass is 9.99. The van der Waals surface area contributed by atoms with Gasteiger partial charge in [-0.05, 0) is 17.4 Å². The fraction of sp³-hybridized carbons (Fsp3) is 0.500. The second kappa shape index (κ2) is 6.70. The summed E-state index contributed by atoms with van der Waals surface area (Å²) in [5.41, 5.74) is 0.468. The van der Waals surface area contributed by atoms with Crippen LogP contribution >= 0.6 is 11.3 Å². The van der Waals surface area contributed by atoms with Crippen LogP contribution in [0.15, 0.2) is 11.4 Å². The molecule has 1 aliphatic heterocycles. The van der Waals surface area contributed by atoms with Crippen LogP contribution in [-0.2, 0) is 14.3 Å². The minimum Gasteiger partial charge on any atom is -0.469 e. The summed E-state index contributed by atoms with van der Waals surface area (Å²) in [6, 6.07) is 3.70. The third-order valence-corrected chi connectivity index (χ3v) is 4.43. The van der Waals surface area contributed by atoms with Crippen molar-refractivity contribution in [3.05, 3.63) is 17.0 Å². The van der Waals surface area contributed by atoms with Crippen LogP contribution in [0.5, 0.6) is 0 Å². The van der Waals surface area contributed by atoms with Gasteiger partial charge in [0.15, 0.2) is 0 Å². The van der Waals surface area contributed by atoms with Gasteiger partial charge in [0.25, 0.3) is 0 Å². The highest BCUT2D eigenvalue weighted by molar-refractivity contribution is 7.14. The third kappa shape index (κ3) is 3.60. The molecule has 2 heterocycles. The summed E-state index contributed by atoms with van der Waals surface area (Å²) >= 11 is 1.32. The topological polar surface area (TPSA) is 82.4 Å². The number of hydrogen-bond donors (Lipinski definition) is 1. The average molecular weight is 307 g/mol. The molecule has 1 aliphatic rings. The smallest absolute Gasteiger partial charge is 0.310 e. The van der Waals surface area contributed by atoms with Crippen molar-refractivity contribution in [3.63, 3.8) is 0 Å². The zero-order valence-corrected chi connectivity index (χ0v) is 12.8. The average Bonchev–Trinajstić information content (AvgIpc) is 3.04. The molecule has 1 aromatic heterocycles. The lowest BCUT2D eigenvalue weighted by Crippen LogP contribution is -2.32. The molecule has 21 heavy (non-hydrogen) atoms. The highest BCUT2D eigenvalue weighted by atomic mass is 32.1. The van der Waals surface area contributed by atoms with Gasteiger partial charge in [-0.1, -0.05) is 6.92 Å². The maximum Gasteiger partial charge on any atom is 0.310 e. The zero-order chi connectivity index (χ0) is 15.4. The lowest BCUT2D eigenvalue weighted by Gasteiger charge is -2.14. The van der Waals surface area contributed by atoms with E-state index in [1.54, 1.807) is 11.4 Å². The molecule has 1 fully saturated rings. The Balaban J connectivity index is 1.90. The molecule has 0 saturated carbocycles. The zero-order valence-electron chi connectivity index (χ0n) is 12.0. The summed E-state index contributed by atoms with van der Waals surface area (Å²) in [5, 5.41) is 14.0. The molecule has 2 rings (SSSR count).